The number of amides is 2. The Labute approximate surface area is 99.4 Å². The standard InChI is InChI=1S/C11H16N2O4/c1-3-13(7-10(14)15)11(16)12(2)6-9-4-5-17-8-9/h4-5,8H,3,6-7H2,1-2H3,(H,14,15). The summed E-state index contributed by atoms with van der Waals surface area (Å²) >= 11 is 0. The van der Waals surface area contributed by atoms with Crippen molar-refractivity contribution in [3.05, 3.63) is 24.2 Å². The molecule has 1 aromatic rings. The molecule has 6 nitrogen and oxygen atoms in total. The van der Waals surface area contributed by atoms with Crippen molar-refractivity contribution in [2.24, 2.45) is 0 Å². The molecule has 0 bridgehead atoms. The Morgan fingerprint density at radius 2 is 2.18 bits per heavy atom. The zero-order chi connectivity index (χ0) is 12.8. The topological polar surface area (TPSA) is 74.0 Å². The van der Waals surface area contributed by atoms with E-state index in [4.69, 9.17) is 9.52 Å². The summed E-state index contributed by atoms with van der Waals surface area (Å²) in [6.07, 6.45) is 3.08. The van der Waals surface area contributed by atoms with Gasteiger partial charge in [-0.1, -0.05) is 0 Å². The highest BCUT2D eigenvalue weighted by Crippen LogP contribution is 2.06. The van der Waals surface area contributed by atoms with Crippen LogP contribution in [0.15, 0.2) is 23.0 Å². The van der Waals surface area contributed by atoms with Crippen LogP contribution in [0, 0.1) is 0 Å². The number of carbonyl (C=O) groups excluding carboxylic acids is 1. The third kappa shape index (κ3) is 3.82. The van der Waals surface area contributed by atoms with Crippen LogP contribution in [0.3, 0.4) is 0 Å². The van der Waals surface area contributed by atoms with Gasteiger partial charge in [-0.05, 0) is 13.0 Å². The van der Waals surface area contributed by atoms with E-state index in [1.54, 1.807) is 26.3 Å². The van der Waals surface area contributed by atoms with E-state index in [1.807, 2.05) is 0 Å². The molecule has 0 spiro atoms. The minimum atomic E-state index is -1.02. The van der Waals surface area contributed by atoms with Gasteiger partial charge in [0.25, 0.3) is 0 Å². The number of carbonyl (C=O) groups is 2. The normalized spacial score (nSPS) is 10.0. The molecule has 2 amide bonds. The van der Waals surface area contributed by atoms with Gasteiger partial charge >= 0.3 is 12.0 Å². The van der Waals surface area contributed by atoms with Crippen LogP contribution in [0.2, 0.25) is 0 Å². The molecule has 0 unspecified atom stereocenters. The lowest BCUT2D eigenvalue weighted by molar-refractivity contribution is -0.137. The van der Waals surface area contributed by atoms with Crippen molar-refractivity contribution in [3.63, 3.8) is 0 Å². The van der Waals surface area contributed by atoms with E-state index in [1.165, 1.54) is 16.1 Å². The van der Waals surface area contributed by atoms with Gasteiger partial charge < -0.3 is 19.3 Å². The van der Waals surface area contributed by atoms with Crippen LogP contribution in [-0.4, -0.2) is 47.0 Å². The molecular formula is C11H16N2O4. The summed E-state index contributed by atoms with van der Waals surface area (Å²) in [6, 6.07) is 1.45. The van der Waals surface area contributed by atoms with Crippen LogP contribution >= 0.6 is 0 Å². The van der Waals surface area contributed by atoms with Crippen molar-refractivity contribution in [2.75, 3.05) is 20.1 Å². The highest BCUT2D eigenvalue weighted by Gasteiger charge is 2.19. The van der Waals surface area contributed by atoms with Crippen LogP contribution in [0.4, 0.5) is 4.79 Å². The Kier molecular flexibility index (Phi) is 4.56. The average molecular weight is 240 g/mol. The van der Waals surface area contributed by atoms with Crippen molar-refractivity contribution < 1.29 is 19.1 Å². The Balaban J connectivity index is 2.57. The first-order chi connectivity index (χ1) is 8.04. The Bertz CT molecular complexity index is 375. The smallest absolute Gasteiger partial charge is 0.323 e. The third-order valence-electron chi connectivity index (χ3n) is 2.30. The summed E-state index contributed by atoms with van der Waals surface area (Å²) < 4.78 is 4.90. The zero-order valence-electron chi connectivity index (χ0n) is 9.92. The first kappa shape index (κ1) is 13.1. The predicted molar refractivity (Wildman–Crippen MR) is 60.5 cm³/mol. The molecule has 0 atom stereocenters. The van der Waals surface area contributed by atoms with E-state index in [0.717, 1.165) is 5.56 Å². The molecule has 1 N–H and O–H groups in total. The van der Waals surface area contributed by atoms with Gasteiger partial charge in [0.2, 0.25) is 0 Å². The van der Waals surface area contributed by atoms with Crippen molar-refractivity contribution in [1.82, 2.24) is 9.80 Å². The largest absolute Gasteiger partial charge is 0.480 e. The maximum atomic E-state index is 11.9. The van der Waals surface area contributed by atoms with E-state index < -0.39 is 5.97 Å². The minimum Gasteiger partial charge on any atom is -0.480 e. The van der Waals surface area contributed by atoms with E-state index in [9.17, 15) is 9.59 Å². The van der Waals surface area contributed by atoms with Crippen molar-refractivity contribution >= 4 is 12.0 Å². The first-order valence-electron chi connectivity index (χ1n) is 5.27. The number of hydrogen-bond acceptors (Lipinski definition) is 3. The van der Waals surface area contributed by atoms with E-state index >= 15 is 0 Å². The highest BCUT2D eigenvalue weighted by atomic mass is 16.4. The van der Waals surface area contributed by atoms with E-state index in [-0.39, 0.29) is 12.6 Å². The molecule has 0 aromatic carbocycles. The molecule has 6 heteroatoms. The van der Waals surface area contributed by atoms with Crippen LogP contribution in [0.25, 0.3) is 0 Å². The highest BCUT2D eigenvalue weighted by molar-refractivity contribution is 5.79. The number of furan rings is 1. The summed E-state index contributed by atoms with van der Waals surface area (Å²) in [6.45, 7) is 2.21. The van der Waals surface area contributed by atoms with Gasteiger partial charge in [0.15, 0.2) is 0 Å². The number of nitrogens with zero attached hydrogens (tertiary/aromatic N) is 2. The van der Waals surface area contributed by atoms with Gasteiger partial charge in [-0.2, -0.15) is 0 Å². The fraction of sp³-hybridized carbons (Fsp3) is 0.455. The molecule has 0 aliphatic rings. The van der Waals surface area contributed by atoms with Crippen LogP contribution in [0.1, 0.15) is 12.5 Å². The number of urea groups is 1. The lowest BCUT2D eigenvalue weighted by Gasteiger charge is -2.25. The van der Waals surface area contributed by atoms with Crippen LogP contribution in [0.5, 0.6) is 0 Å². The summed E-state index contributed by atoms with van der Waals surface area (Å²) in [5, 5.41) is 8.67. The lowest BCUT2D eigenvalue weighted by atomic mass is 10.3. The van der Waals surface area contributed by atoms with E-state index in [2.05, 4.69) is 0 Å². The Hall–Kier alpha value is -1.98. The third-order valence-corrected chi connectivity index (χ3v) is 2.30. The quantitative estimate of drug-likeness (QED) is 0.840. The summed E-state index contributed by atoms with van der Waals surface area (Å²) in [7, 11) is 1.62. The van der Waals surface area contributed by atoms with Crippen LogP contribution < -0.4 is 0 Å². The molecule has 0 saturated carbocycles. The summed E-state index contributed by atoms with van der Waals surface area (Å²) in [5.74, 6) is -1.02. The van der Waals surface area contributed by atoms with Gasteiger partial charge in [0.05, 0.1) is 19.1 Å². The summed E-state index contributed by atoms with van der Waals surface area (Å²) in [4.78, 5) is 25.2. The maximum Gasteiger partial charge on any atom is 0.323 e. The van der Waals surface area contributed by atoms with Crippen molar-refractivity contribution in [3.8, 4) is 0 Å². The van der Waals surface area contributed by atoms with E-state index in [0.29, 0.717) is 13.1 Å². The fourth-order valence-corrected chi connectivity index (χ4v) is 1.44. The van der Waals surface area contributed by atoms with Gasteiger partial charge in [-0.3, -0.25) is 4.79 Å². The molecule has 1 aromatic heterocycles. The number of aliphatic carboxylic acids is 1. The molecule has 1 heterocycles. The SMILES string of the molecule is CCN(CC(=O)O)C(=O)N(C)Cc1ccoc1. The molecule has 0 aliphatic carbocycles. The molecule has 0 aliphatic heterocycles. The maximum absolute atomic E-state index is 11.9. The van der Waals surface area contributed by atoms with Gasteiger partial charge in [0.1, 0.15) is 6.54 Å². The second kappa shape index (κ2) is 5.93. The van der Waals surface area contributed by atoms with Crippen molar-refractivity contribution in [2.45, 2.75) is 13.5 Å². The Morgan fingerprint density at radius 1 is 1.47 bits per heavy atom. The van der Waals surface area contributed by atoms with Crippen molar-refractivity contribution in [1.29, 1.82) is 0 Å². The first-order valence-corrected chi connectivity index (χ1v) is 5.27. The fourth-order valence-electron chi connectivity index (χ4n) is 1.44. The molecule has 0 radical (unpaired) electrons. The number of likely N-dealkylation sites (N-methyl/N-ethyl adjacent to an activating group) is 1. The molecule has 1 rings (SSSR count). The predicted octanol–water partition coefficient (Wildman–Crippen LogP) is 1.24. The van der Waals surface area contributed by atoms with Gasteiger partial charge in [-0.15, -0.1) is 0 Å². The zero-order valence-corrected chi connectivity index (χ0v) is 9.92. The number of rotatable bonds is 5. The Morgan fingerprint density at radius 3 is 2.65 bits per heavy atom. The van der Waals surface area contributed by atoms with Crippen LogP contribution in [-0.2, 0) is 11.3 Å². The lowest BCUT2D eigenvalue weighted by Crippen LogP contribution is -2.43. The average Bonchev–Trinajstić information content (AvgIpc) is 2.77. The minimum absolute atomic E-state index is 0.287. The number of carboxylic acid groups (broad SMARTS) is 1. The van der Waals surface area contributed by atoms with Gasteiger partial charge in [-0.25, -0.2) is 4.79 Å². The molecule has 0 fully saturated rings. The van der Waals surface area contributed by atoms with Gasteiger partial charge in [0, 0.05) is 19.2 Å². The molecular weight excluding hydrogens is 224 g/mol. The molecule has 17 heavy (non-hydrogen) atoms. The monoisotopic (exact) mass is 240 g/mol. The number of carboxylic acids is 1. The summed E-state index contributed by atoms with van der Waals surface area (Å²) in [5.41, 5.74) is 0.868. The molecule has 0 saturated heterocycles. The second-order valence-electron chi connectivity index (χ2n) is 3.68. The molecule has 94 valence electrons. The second-order valence-corrected chi connectivity index (χ2v) is 3.68. The number of hydrogen-bond donors (Lipinski definition) is 1.